The molecule has 244 valence electrons. The topological polar surface area (TPSA) is 41.9 Å². The second kappa shape index (κ2) is 12.8. The number of benzene rings is 7. The second-order valence-corrected chi connectivity index (χ2v) is 13.5. The molecule has 51 heavy (non-hydrogen) atoms. The fourth-order valence-electron chi connectivity index (χ4n) is 7.28. The van der Waals surface area contributed by atoms with Crippen LogP contribution in [0.5, 0.6) is 0 Å². The van der Waals surface area contributed by atoms with E-state index in [4.69, 9.17) is 15.0 Å². The van der Waals surface area contributed by atoms with Crippen molar-refractivity contribution < 1.29 is 0 Å². The summed E-state index contributed by atoms with van der Waals surface area (Å²) in [7, 11) is 0. The van der Waals surface area contributed by atoms with E-state index >= 15 is 0 Å². The van der Waals surface area contributed by atoms with Gasteiger partial charge in [-0.3, -0.25) is 0 Å². The lowest BCUT2D eigenvalue weighted by molar-refractivity contribution is 1.00. The summed E-state index contributed by atoms with van der Waals surface area (Å²) in [5.41, 5.74) is 14.5. The molecule has 8 aromatic rings. The summed E-state index contributed by atoms with van der Waals surface area (Å²) < 4.78 is 0. The Balaban J connectivity index is 1.08. The van der Waals surface area contributed by atoms with Gasteiger partial charge in [-0.05, 0) is 113 Å². The molecule has 0 bridgehead atoms. The molecule has 9 rings (SSSR count). The van der Waals surface area contributed by atoms with Crippen molar-refractivity contribution in [3.05, 3.63) is 191 Å². The van der Waals surface area contributed by atoms with Gasteiger partial charge in [0.2, 0.25) is 0 Å². The van der Waals surface area contributed by atoms with Crippen LogP contribution >= 0.6 is 0 Å². The first-order valence-corrected chi connectivity index (χ1v) is 17.5. The van der Waals surface area contributed by atoms with E-state index in [0.717, 1.165) is 29.5 Å². The second-order valence-electron chi connectivity index (χ2n) is 13.5. The van der Waals surface area contributed by atoms with Gasteiger partial charge in [-0.1, -0.05) is 115 Å². The molecule has 1 aromatic heterocycles. The van der Waals surface area contributed by atoms with Crippen molar-refractivity contribution in [3.63, 3.8) is 0 Å². The van der Waals surface area contributed by atoms with Crippen molar-refractivity contribution >= 4 is 27.8 Å². The molecule has 0 unspecified atom stereocenters. The Morgan fingerprint density at radius 3 is 1.47 bits per heavy atom. The molecule has 7 aromatic carbocycles. The predicted molar refractivity (Wildman–Crippen MR) is 210 cm³/mol. The molecule has 0 fully saturated rings. The van der Waals surface area contributed by atoms with E-state index in [1.165, 1.54) is 61.2 Å². The van der Waals surface area contributed by atoms with Gasteiger partial charge < -0.3 is 4.90 Å². The summed E-state index contributed by atoms with van der Waals surface area (Å²) in [6.45, 7) is 4.31. The van der Waals surface area contributed by atoms with Crippen LogP contribution in [0.25, 0.3) is 44.9 Å². The zero-order chi connectivity index (χ0) is 34.3. The molecular weight excluding hydrogens is 621 g/mol. The van der Waals surface area contributed by atoms with Gasteiger partial charge in [0.05, 0.1) is 0 Å². The van der Waals surface area contributed by atoms with Gasteiger partial charge in [0.15, 0.2) is 17.5 Å². The third-order valence-corrected chi connectivity index (χ3v) is 9.85. The van der Waals surface area contributed by atoms with Crippen LogP contribution in [0.4, 0.5) is 17.1 Å². The van der Waals surface area contributed by atoms with Gasteiger partial charge in [0, 0.05) is 33.8 Å². The maximum absolute atomic E-state index is 4.97. The first-order valence-electron chi connectivity index (χ1n) is 17.5. The molecule has 0 aliphatic heterocycles. The molecule has 4 heteroatoms. The summed E-state index contributed by atoms with van der Waals surface area (Å²) in [5.74, 6) is 2.01. The minimum atomic E-state index is 0.671. The first kappa shape index (κ1) is 30.7. The standard InChI is InChI=1S/C47H36N4/c1-31-11-9-17-42(23-31)51(43-18-10-12-32(2)24-43)44-22-21-36-26-39-28-38-27-37(20-19-35(38)25-40(39)29-41(36)30-44)47-49-45(33-13-5-3-6-14-33)48-46(50-47)34-15-7-4-8-16-34/h3-25,27-28,30H,26,29H2,1-2H3. The van der Waals surface area contributed by atoms with Gasteiger partial charge in [-0.25, -0.2) is 15.0 Å². The Kier molecular flexibility index (Phi) is 7.70. The zero-order valence-electron chi connectivity index (χ0n) is 28.7. The lowest BCUT2D eigenvalue weighted by Gasteiger charge is -2.28. The van der Waals surface area contributed by atoms with Crippen LogP contribution in [0.1, 0.15) is 33.4 Å². The highest BCUT2D eigenvalue weighted by Crippen LogP contribution is 2.39. The van der Waals surface area contributed by atoms with E-state index in [1.54, 1.807) is 0 Å². The summed E-state index contributed by atoms with van der Waals surface area (Å²) >= 11 is 0. The van der Waals surface area contributed by atoms with E-state index in [2.05, 4.69) is 116 Å². The minimum Gasteiger partial charge on any atom is -0.310 e. The first-order chi connectivity index (χ1) is 25.0. The highest BCUT2D eigenvalue weighted by atomic mass is 15.1. The molecule has 1 heterocycles. The lowest BCUT2D eigenvalue weighted by atomic mass is 9.84. The number of hydrogen-bond donors (Lipinski definition) is 0. The molecular formula is C47H36N4. The largest absolute Gasteiger partial charge is 0.310 e. The van der Waals surface area contributed by atoms with Crippen LogP contribution in [0.3, 0.4) is 0 Å². The lowest BCUT2D eigenvalue weighted by Crippen LogP contribution is -2.13. The Bertz CT molecular complexity index is 2450. The fourth-order valence-corrected chi connectivity index (χ4v) is 7.28. The van der Waals surface area contributed by atoms with Crippen molar-refractivity contribution in [2.75, 3.05) is 4.90 Å². The third kappa shape index (κ3) is 6.06. The number of fused-ring (bicyclic) bond motifs is 3. The number of aromatic nitrogens is 3. The molecule has 0 atom stereocenters. The van der Waals surface area contributed by atoms with Crippen LogP contribution in [0.2, 0.25) is 0 Å². The van der Waals surface area contributed by atoms with Gasteiger partial charge >= 0.3 is 0 Å². The quantitative estimate of drug-likeness (QED) is 0.179. The SMILES string of the molecule is Cc1cccc(N(c2cccc(C)c2)c2ccc3c(c2)Cc2cc4ccc(-c5nc(-c6ccccc6)nc(-c6ccccc6)n5)cc4cc2C3)c1. The number of rotatable bonds is 6. The maximum Gasteiger partial charge on any atom is 0.164 e. The molecule has 0 spiro atoms. The summed E-state index contributed by atoms with van der Waals surface area (Å²) in [6.07, 6.45) is 1.81. The van der Waals surface area contributed by atoms with E-state index in [0.29, 0.717) is 17.5 Å². The van der Waals surface area contributed by atoms with Gasteiger partial charge in [-0.15, -0.1) is 0 Å². The molecule has 4 nitrogen and oxygen atoms in total. The Morgan fingerprint density at radius 2 is 0.882 bits per heavy atom. The van der Waals surface area contributed by atoms with Crippen LogP contribution < -0.4 is 4.90 Å². The van der Waals surface area contributed by atoms with E-state index < -0.39 is 0 Å². The van der Waals surface area contributed by atoms with Gasteiger partial charge in [0.1, 0.15) is 0 Å². The van der Waals surface area contributed by atoms with Gasteiger partial charge in [-0.2, -0.15) is 0 Å². The van der Waals surface area contributed by atoms with Crippen LogP contribution in [0.15, 0.2) is 158 Å². The number of anilines is 3. The number of hydrogen-bond acceptors (Lipinski definition) is 4. The summed E-state index contributed by atoms with van der Waals surface area (Å²) in [6, 6.07) is 56.1. The molecule has 0 N–H and O–H groups in total. The molecule has 1 aliphatic carbocycles. The van der Waals surface area contributed by atoms with Crippen molar-refractivity contribution in [1.29, 1.82) is 0 Å². The summed E-state index contributed by atoms with van der Waals surface area (Å²) in [4.78, 5) is 17.2. The Hall–Kier alpha value is -6.39. The molecule has 0 saturated heterocycles. The minimum absolute atomic E-state index is 0.671. The van der Waals surface area contributed by atoms with E-state index in [9.17, 15) is 0 Å². The molecule has 0 amide bonds. The van der Waals surface area contributed by atoms with E-state index in [1.807, 2.05) is 60.7 Å². The van der Waals surface area contributed by atoms with Crippen LogP contribution in [-0.4, -0.2) is 15.0 Å². The van der Waals surface area contributed by atoms with Gasteiger partial charge in [0.25, 0.3) is 0 Å². The predicted octanol–water partition coefficient (Wildman–Crippen LogP) is 11.6. The molecule has 1 aliphatic rings. The molecule has 0 radical (unpaired) electrons. The van der Waals surface area contributed by atoms with Crippen LogP contribution in [0, 0.1) is 13.8 Å². The van der Waals surface area contributed by atoms with Crippen molar-refractivity contribution in [2.45, 2.75) is 26.7 Å². The van der Waals surface area contributed by atoms with Crippen LogP contribution in [-0.2, 0) is 12.8 Å². The third-order valence-electron chi connectivity index (χ3n) is 9.85. The monoisotopic (exact) mass is 656 g/mol. The average molecular weight is 657 g/mol. The van der Waals surface area contributed by atoms with Crippen molar-refractivity contribution in [1.82, 2.24) is 15.0 Å². The van der Waals surface area contributed by atoms with E-state index in [-0.39, 0.29) is 0 Å². The zero-order valence-corrected chi connectivity index (χ0v) is 28.7. The fraction of sp³-hybridized carbons (Fsp3) is 0.0851. The Morgan fingerprint density at radius 1 is 0.373 bits per heavy atom. The van der Waals surface area contributed by atoms with Crippen molar-refractivity contribution in [2.24, 2.45) is 0 Å². The molecule has 0 saturated carbocycles. The van der Waals surface area contributed by atoms with Crippen molar-refractivity contribution in [3.8, 4) is 34.2 Å². The Labute approximate surface area is 298 Å². The number of nitrogens with zero attached hydrogens (tertiary/aromatic N) is 4. The highest BCUT2D eigenvalue weighted by molar-refractivity contribution is 5.89. The average Bonchev–Trinajstić information content (AvgIpc) is 3.17. The summed E-state index contributed by atoms with van der Waals surface area (Å²) in [5, 5.41) is 2.41. The smallest absolute Gasteiger partial charge is 0.164 e. The number of aryl methyl sites for hydroxylation is 2. The normalized spacial score (nSPS) is 12.0. The maximum atomic E-state index is 4.97. The highest BCUT2D eigenvalue weighted by Gasteiger charge is 2.20.